The first-order chi connectivity index (χ1) is 8.03. The molecule has 1 heterocycles. The smallest absolute Gasteiger partial charge is 0.151 e. The lowest BCUT2D eigenvalue weighted by atomic mass is 10.4. The van der Waals surface area contributed by atoms with Gasteiger partial charge in [-0.1, -0.05) is 24.9 Å². The van der Waals surface area contributed by atoms with Gasteiger partial charge in [0, 0.05) is 18.0 Å². The third kappa shape index (κ3) is 6.41. The number of rotatable bonds is 8. The minimum Gasteiger partial charge on any atom is -0.311 e. The van der Waals surface area contributed by atoms with Gasteiger partial charge in [0.2, 0.25) is 0 Å². The van der Waals surface area contributed by atoms with Crippen LogP contribution < -0.4 is 5.32 Å². The number of nitrogens with one attached hydrogen (secondary N) is 1. The molecule has 3 nitrogen and oxygen atoms in total. The Morgan fingerprint density at radius 2 is 2.12 bits per heavy atom. The molecule has 0 atom stereocenters. The fourth-order valence-electron chi connectivity index (χ4n) is 1.35. The van der Waals surface area contributed by atoms with Gasteiger partial charge < -0.3 is 5.32 Å². The average molecular weight is 296 g/mol. The van der Waals surface area contributed by atoms with Crippen molar-refractivity contribution < 1.29 is 8.42 Å². The Kier molecular flexibility index (Phi) is 6.48. The Balaban J connectivity index is 2.19. The van der Waals surface area contributed by atoms with E-state index in [2.05, 4.69) is 5.32 Å². The second-order valence-corrected chi connectivity index (χ2v) is 7.99. The lowest BCUT2D eigenvalue weighted by Crippen LogP contribution is -2.23. The van der Waals surface area contributed by atoms with Crippen molar-refractivity contribution in [2.45, 2.75) is 26.3 Å². The number of unbranched alkanes of at least 4 members (excludes halogenated alkanes) is 1. The second kappa shape index (κ2) is 7.36. The Labute approximate surface area is 112 Å². The van der Waals surface area contributed by atoms with Gasteiger partial charge in [-0.25, -0.2) is 8.42 Å². The number of hydrogen-bond donors (Lipinski definition) is 1. The van der Waals surface area contributed by atoms with Crippen molar-refractivity contribution in [1.29, 1.82) is 0 Å². The first-order valence-electron chi connectivity index (χ1n) is 5.69. The standard InChI is InChI=1S/C11H18ClNO2S2/c1-2-3-7-17(14,15)8-6-13-9-10-4-5-11(12)16-10/h4-5,13H,2-3,6-9H2,1H3. The van der Waals surface area contributed by atoms with Crippen molar-refractivity contribution in [1.82, 2.24) is 5.32 Å². The molecule has 0 amide bonds. The Hall–Kier alpha value is -0.100. The van der Waals surface area contributed by atoms with E-state index >= 15 is 0 Å². The van der Waals surface area contributed by atoms with Gasteiger partial charge in [0.25, 0.3) is 0 Å². The zero-order valence-electron chi connectivity index (χ0n) is 9.91. The van der Waals surface area contributed by atoms with Gasteiger partial charge in [0.1, 0.15) is 0 Å². The summed E-state index contributed by atoms with van der Waals surface area (Å²) in [5, 5.41) is 3.12. The van der Waals surface area contributed by atoms with Crippen molar-refractivity contribution in [3.63, 3.8) is 0 Å². The van der Waals surface area contributed by atoms with E-state index in [4.69, 9.17) is 11.6 Å². The monoisotopic (exact) mass is 295 g/mol. The predicted molar refractivity (Wildman–Crippen MR) is 74.6 cm³/mol. The molecule has 1 aromatic rings. The van der Waals surface area contributed by atoms with Crippen LogP contribution in [0.1, 0.15) is 24.6 Å². The molecule has 0 aromatic carbocycles. The fraction of sp³-hybridized carbons (Fsp3) is 0.636. The first-order valence-corrected chi connectivity index (χ1v) is 8.70. The maximum absolute atomic E-state index is 11.5. The summed E-state index contributed by atoms with van der Waals surface area (Å²) in [5.74, 6) is 0.516. The van der Waals surface area contributed by atoms with Crippen LogP contribution >= 0.6 is 22.9 Å². The van der Waals surface area contributed by atoms with E-state index in [0.29, 0.717) is 18.8 Å². The molecule has 0 spiro atoms. The molecule has 0 aliphatic heterocycles. The zero-order valence-corrected chi connectivity index (χ0v) is 12.3. The van der Waals surface area contributed by atoms with Crippen molar-refractivity contribution in [2.75, 3.05) is 18.1 Å². The molecule has 0 fully saturated rings. The highest BCUT2D eigenvalue weighted by molar-refractivity contribution is 7.91. The van der Waals surface area contributed by atoms with E-state index < -0.39 is 9.84 Å². The average Bonchev–Trinajstić information content (AvgIpc) is 2.68. The van der Waals surface area contributed by atoms with E-state index in [1.54, 1.807) is 0 Å². The molecular weight excluding hydrogens is 278 g/mol. The molecule has 0 bridgehead atoms. The van der Waals surface area contributed by atoms with Crippen LogP contribution in [0.5, 0.6) is 0 Å². The topological polar surface area (TPSA) is 46.2 Å². The van der Waals surface area contributed by atoms with Crippen LogP contribution in [0.2, 0.25) is 4.34 Å². The van der Waals surface area contributed by atoms with E-state index in [1.807, 2.05) is 19.1 Å². The van der Waals surface area contributed by atoms with Gasteiger partial charge in [-0.2, -0.15) is 0 Å². The zero-order chi connectivity index (χ0) is 12.7. The van der Waals surface area contributed by atoms with Crippen molar-refractivity contribution in [2.24, 2.45) is 0 Å². The van der Waals surface area contributed by atoms with Crippen LogP contribution in [-0.4, -0.2) is 26.5 Å². The largest absolute Gasteiger partial charge is 0.311 e. The molecule has 0 aliphatic rings. The molecule has 98 valence electrons. The Morgan fingerprint density at radius 3 is 2.71 bits per heavy atom. The summed E-state index contributed by atoms with van der Waals surface area (Å²) < 4.78 is 23.9. The fourth-order valence-corrected chi connectivity index (χ4v) is 3.80. The quantitative estimate of drug-likeness (QED) is 0.750. The number of halogens is 1. The summed E-state index contributed by atoms with van der Waals surface area (Å²) in [5.41, 5.74) is 0. The lowest BCUT2D eigenvalue weighted by molar-refractivity contribution is 0.587. The summed E-state index contributed by atoms with van der Waals surface area (Å²) in [6, 6.07) is 3.80. The van der Waals surface area contributed by atoms with Crippen LogP contribution in [0.4, 0.5) is 0 Å². The summed E-state index contributed by atoms with van der Waals surface area (Å²) in [4.78, 5) is 1.13. The van der Waals surface area contributed by atoms with Crippen LogP contribution in [0, 0.1) is 0 Å². The third-order valence-electron chi connectivity index (χ3n) is 2.33. The van der Waals surface area contributed by atoms with Crippen LogP contribution in [-0.2, 0) is 16.4 Å². The van der Waals surface area contributed by atoms with Crippen molar-refractivity contribution in [3.8, 4) is 0 Å². The molecule has 1 rings (SSSR count). The second-order valence-electron chi connectivity index (χ2n) is 3.89. The number of hydrogen-bond acceptors (Lipinski definition) is 4. The van der Waals surface area contributed by atoms with Crippen LogP contribution in [0.3, 0.4) is 0 Å². The molecule has 0 radical (unpaired) electrons. The minimum atomic E-state index is -2.88. The predicted octanol–water partition coefficient (Wildman–Crippen LogP) is 2.71. The number of thiophene rings is 1. The molecule has 0 unspecified atom stereocenters. The van der Waals surface area contributed by atoms with E-state index in [0.717, 1.165) is 22.1 Å². The molecule has 6 heteroatoms. The number of sulfone groups is 1. The molecule has 0 aliphatic carbocycles. The van der Waals surface area contributed by atoms with E-state index in [-0.39, 0.29) is 5.75 Å². The summed E-state index contributed by atoms with van der Waals surface area (Å²) in [6.07, 6.45) is 1.67. The SMILES string of the molecule is CCCCS(=O)(=O)CCNCc1ccc(Cl)s1. The molecule has 1 N–H and O–H groups in total. The minimum absolute atomic E-state index is 0.214. The molecule has 0 saturated carbocycles. The lowest BCUT2D eigenvalue weighted by Gasteiger charge is -2.04. The van der Waals surface area contributed by atoms with E-state index in [1.165, 1.54) is 11.3 Å². The van der Waals surface area contributed by atoms with Gasteiger partial charge in [0.15, 0.2) is 9.84 Å². The molecule has 1 aromatic heterocycles. The Morgan fingerprint density at radius 1 is 1.35 bits per heavy atom. The Bertz CT molecular complexity index is 428. The maximum atomic E-state index is 11.5. The highest BCUT2D eigenvalue weighted by Crippen LogP contribution is 2.20. The third-order valence-corrected chi connectivity index (χ3v) is 5.29. The van der Waals surface area contributed by atoms with Gasteiger partial charge in [-0.15, -0.1) is 11.3 Å². The van der Waals surface area contributed by atoms with Gasteiger partial charge >= 0.3 is 0 Å². The maximum Gasteiger partial charge on any atom is 0.151 e. The summed E-state index contributed by atoms with van der Waals surface area (Å²) in [6.45, 7) is 3.18. The highest BCUT2D eigenvalue weighted by Gasteiger charge is 2.09. The van der Waals surface area contributed by atoms with Gasteiger partial charge in [0.05, 0.1) is 15.8 Å². The molecule has 17 heavy (non-hydrogen) atoms. The van der Waals surface area contributed by atoms with E-state index in [9.17, 15) is 8.42 Å². The van der Waals surface area contributed by atoms with Crippen molar-refractivity contribution >= 4 is 32.8 Å². The summed E-state index contributed by atoms with van der Waals surface area (Å²) in [7, 11) is -2.88. The molecule has 0 saturated heterocycles. The van der Waals surface area contributed by atoms with Crippen LogP contribution in [0.25, 0.3) is 0 Å². The van der Waals surface area contributed by atoms with Crippen molar-refractivity contribution in [3.05, 3.63) is 21.3 Å². The molecular formula is C11H18ClNO2S2. The highest BCUT2D eigenvalue weighted by atomic mass is 35.5. The van der Waals surface area contributed by atoms with Gasteiger partial charge in [-0.05, 0) is 18.6 Å². The van der Waals surface area contributed by atoms with Gasteiger partial charge in [-0.3, -0.25) is 0 Å². The summed E-state index contributed by atoms with van der Waals surface area (Å²) >= 11 is 7.31. The first kappa shape index (κ1) is 15.0. The van der Waals surface area contributed by atoms with Crippen LogP contribution in [0.15, 0.2) is 12.1 Å². The normalized spacial score (nSPS) is 11.9.